The number of sulfonamides is 1. The van der Waals surface area contributed by atoms with Gasteiger partial charge in [0, 0.05) is 55.3 Å². The first kappa shape index (κ1) is 46.3. The summed E-state index contributed by atoms with van der Waals surface area (Å²) < 4.78 is 37.1. The molecule has 3 fully saturated rings. The van der Waals surface area contributed by atoms with Gasteiger partial charge in [-0.25, -0.2) is 13.1 Å². The van der Waals surface area contributed by atoms with Crippen molar-refractivity contribution < 1.29 is 23.1 Å². The van der Waals surface area contributed by atoms with E-state index in [0.717, 1.165) is 60.7 Å². The van der Waals surface area contributed by atoms with Crippen molar-refractivity contribution in [1.82, 2.24) is 14.9 Å². The van der Waals surface area contributed by atoms with Crippen LogP contribution in [0, 0.1) is 17.8 Å². The molecule has 2 saturated heterocycles. The molecule has 2 bridgehead atoms. The van der Waals surface area contributed by atoms with Gasteiger partial charge in [-0.2, -0.15) is 0 Å². The molecule has 0 unspecified atom stereocenters. The van der Waals surface area contributed by atoms with Gasteiger partial charge in [0.1, 0.15) is 11.4 Å². The van der Waals surface area contributed by atoms with Crippen LogP contribution in [0.2, 0.25) is 5.02 Å². The summed E-state index contributed by atoms with van der Waals surface area (Å²) in [6.45, 7) is 15.8. The molecule has 9 nitrogen and oxygen atoms in total. The normalized spacial score (nSPS) is 31.9. The quantitative estimate of drug-likeness (QED) is 0.155. The Labute approximate surface area is 375 Å². The number of ether oxygens (including phenoxy) is 1. The zero-order chi connectivity index (χ0) is 41.5. The SMILES string of the molecule is CCI.CCN1CCNCC1.C[C@@H]1[C@@H](C)C/C=C/[C@@](O)(C2SCCCS2)[C@@H]2CC[C@H]2CN2C[C@@]3(CCCc4cc(Cl)ccc43)COc3ccc(cc32)C(=O)NS1(=O)=O. The topological polar surface area (TPSA) is 111 Å². The van der Waals surface area contributed by atoms with E-state index in [-0.39, 0.29) is 33.3 Å². The summed E-state index contributed by atoms with van der Waals surface area (Å²) in [7, 11) is -3.95. The van der Waals surface area contributed by atoms with Gasteiger partial charge in [-0.3, -0.25) is 4.79 Å². The van der Waals surface area contributed by atoms with Crippen molar-refractivity contribution in [3.63, 3.8) is 0 Å². The van der Waals surface area contributed by atoms with Crippen molar-refractivity contribution in [2.45, 2.75) is 93.5 Å². The highest BCUT2D eigenvalue weighted by Gasteiger charge is 2.52. The molecule has 1 saturated carbocycles. The standard InChI is InChI=1S/C36H45ClN2O5S3.C6H14N2.C2H5I/c1-23-6-3-15-36(41,34-45-16-5-17-46-34)30-11-8-27(30)20-39-21-35(14-4-7-25-18-28(37)10-12-29(25)35)22-44-32-13-9-26(19-31(32)39)33(40)38-47(42,43)24(23)2;1-2-8-5-3-7-4-6-8;1-2-3/h3,9-10,12-13,15,18-19,23-24,27,30,34,41H,4-8,11,14,16-17,20-22H2,1-2H3,(H,38,40);7H,2-6H2,1H3;2H2,1H3/b15-3+;;/t23-,24+,27-,30+,35-,36-;;/m0../s1. The van der Waals surface area contributed by atoms with E-state index in [1.807, 2.05) is 54.7 Å². The first-order valence-electron chi connectivity index (χ1n) is 21.3. The predicted molar refractivity (Wildman–Crippen MR) is 253 cm³/mol. The number of hydrogen-bond donors (Lipinski definition) is 3. The Morgan fingerprint density at radius 1 is 1.05 bits per heavy atom. The summed E-state index contributed by atoms with van der Waals surface area (Å²) in [5, 5.41) is 15.9. The monoisotopic (exact) mass is 986 g/mol. The molecule has 0 radical (unpaired) electrons. The lowest BCUT2D eigenvalue weighted by Gasteiger charge is -2.51. The number of aliphatic hydroxyl groups is 1. The van der Waals surface area contributed by atoms with Crippen molar-refractivity contribution in [3.05, 3.63) is 70.3 Å². The molecule has 2 aromatic rings. The van der Waals surface area contributed by atoms with Crippen molar-refractivity contribution in [3.8, 4) is 5.75 Å². The van der Waals surface area contributed by atoms with Crippen LogP contribution in [0.4, 0.5) is 5.69 Å². The minimum absolute atomic E-state index is 0.0302. The second-order valence-electron chi connectivity index (χ2n) is 16.8. The third kappa shape index (κ3) is 10.7. The van der Waals surface area contributed by atoms with Crippen LogP contribution >= 0.6 is 57.7 Å². The average molecular weight is 988 g/mol. The molecule has 14 heteroatoms. The Kier molecular flexibility index (Phi) is 16.6. The molecule has 322 valence electrons. The zero-order valence-electron chi connectivity index (χ0n) is 34.7. The first-order chi connectivity index (χ1) is 27.8. The Morgan fingerprint density at radius 2 is 1.79 bits per heavy atom. The number of rotatable bonds is 2. The van der Waals surface area contributed by atoms with Crippen molar-refractivity contribution in [2.75, 3.05) is 73.3 Å². The van der Waals surface area contributed by atoms with Gasteiger partial charge < -0.3 is 25.0 Å². The number of likely N-dealkylation sites (N-methyl/N-ethyl adjacent to an activating group) is 1. The number of carbonyl (C=O) groups is 1. The number of benzene rings is 2. The van der Waals surface area contributed by atoms with Gasteiger partial charge in [0.05, 0.1) is 22.1 Å². The van der Waals surface area contributed by atoms with Gasteiger partial charge in [0.2, 0.25) is 10.0 Å². The van der Waals surface area contributed by atoms with Gasteiger partial charge in [-0.15, -0.1) is 23.5 Å². The van der Waals surface area contributed by atoms with Crippen LogP contribution in [0.25, 0.3) is 0 Å². The molecule has 1 spiro atoms. The summed E-state index contributed by atoms with van der Waals surface area (Å²) in [4.78, 5) is 18.3. The van der Waals surface area contributed by atoms with E-state index in [1.54, 1.807) is 19.1 Å². The molecule has 1 amide bonds. The van der Waals surface area contributed by atoms with Gasteiger partial charge in [-0.1, -0.05) is 73.2 Å². The fraction of sp³-hybridized carbons (Fsp3) is 0.659. The number of allylic oxidation sites excluding steroid dienone is 1. The molecule has 3 N–H and O–H groups in total. The summed E-state index contributed by atoms with van der Waals surface area (Å²) >= 11 is 12.4. The Morgan fingerprint density at radius 3 is 2.47 bits per heavy atom. The number of nitrogens with zero attached hydrogens (tertiary/aromatic N) is 2. The Bertz CT molecular complexity index is 1840. The summed E-state index contributed by atoms with van der Waals surface area (Å²) in [5.41, 5.74) is 2.32. The maximum Gasteiger partial charge on any atom is 0.264 e. The van der Waals surface area contributed by atoms with Crippen LogP contribution in [0.5, 0.6) is 5.75 Å². The summed E-state index contributed by atoms with van der Waals surface area (Å²) in [6, 6.07) is 11.5. The fourth-order valence-electron chi connectivity index (χ4n) is 9.34. The minimum Gasteiger partial charge on any atom is -0.490 e. The first-order valence-corrected chi connectivity index (χ1v) is 26.9. The van der Waals surface area contributed by atoms with E-state index >= 15 is 0 Å². The molecule has 2 aliphatic carbocycles. The fourth-order valence-corrected chi connectivity index (χ4v) is 14.1. The number of aryl methyl sites for hydroxylation is 1. The third-order valence-electron chi connectivity index (χ3n) is 13.0. The smallest absolute Gasteiger partial charge is 0.264 e. The predicted octanol–water partition coefficient (Wildman–Crippen LogP) is 8.16. The summed E-state index contributed by atoms with van der Waals surface area (Å²) in [5.74, 6) is 2.18. The number of thioether (sulfide) groups is 2. The van der Waals surface area contributed by atoms with Gasteiger partial charge in [0.25, 0.3) is 5.91 Å². The Hall–Kier alpha value is -1.20. The second-order valence-corrected chi connectivity index (χ2v) is 23.5. The van der Waals surface area contributed by atoms with Crippen molar-refractivity contribution in [2.24, 2.45) is 17.8 Å². The minimum atomic E-state index is -3.95. The van der Waals surface area contributed by atoms with Crippen LogP contribution in [0.15, 0.2) is 48.6 Å². The van der Waals surface area contributed by atoms with E-state index in [4.69, 9.17) is 16.3 Å². The molecule has 8 rings (SSSR count). The van der Waals surface area contributed by atoms with Crippen molar-refractivity contribution >= 4 is 79.3 Å². The molecule has 0 aromatic heterocycles. The number of alkyl halides is 1. The maximum atomic E-state index is 13.5. The zero-order valence-corrected chi connectivity index (χ0v) is 40.1. The largest absolute Gasteiger partial charge is 0.490 e. The highest BCUT2D eigenvalue weighted by atomic mass is 127. The van der Waals surface area contributed by atoms with Crippen molar-refractivity contribution in [1.29, 1.82) is 0 Å². The van der Waals surface area contributed by atoms with E-state index in [2.05, 4.69) is 68.4 Å². The number of piperazine rings is 1. The molecule has 4 heterocycles. The Balaban J connectivity index is 0.000000451. The van der Waals surface area contributed by atoms with Crippen LogP contribution in [-0.2, 0) is 21.9 Å². The maximum absolute atomic E-state index is 13.5. The van der Waals surface area contributed by atoms with Crippen LogP contribution in [-0.4, -0.2) is 108 Å². The average Bonchev–Trinajstić information content (AvgIpc) is 3.36. The second kappa shape index (κ2) is 20.8. The number of hydrogen-bond acceptors (Lipinski definition) is 10. The highest BCUT2D eigenvalue weighted by molar-refractivity contribution is 14.1. The molecular weight excluding hydrogens is 923 g/mol. The molecule has 2 aromatic carbocycles. The number of carbonyl (C=O) groups excluding carboxylic acids is 1. The number of halogens is 2. The van der Waals surface area contributed by atoms with Crippen LogP contribution in [0.3, 0.4) is 0 Å². The van der Waals surface area contributed by atoms with E-state index in [1.165, 1.54) is 48.3 Å². The van der Waals surface area contributed by atoms with E-state index < -0.39 is 26.8 Å². The third-order valence-corrected chi connectivity index (χ3v) is 18.4. The lowest BCUT2D eigenvalue weighted by Crippen LogP contribution is -2.55. The lowest BCUT2D eigenvalue weighted by atomic mass is 9.64. The van der Waals surface area contributed by atoms with Crippen LogP contribution < -0.4 is 19.7 Å². The molecular formula is C44H64ClIN4O5S3. The van der Waals surface area contributed by atoms with E-state index in [0.29, 0.717) is 31.9 Å². The van der Waals surface area contributed by atoms with E-state index in [9.17, 15) is 18.3 Å². The lowest BCUT2D eigenvalue weighted by molar-refractivity contribution is -0.0333. The van der Waals surface area contributed by atoms with Crippen LogP contribution in [0.1, 0.15) is 87.7 Å². The number of anilines is 1. The molecule has 6 atom stereocenters. The molecule has 58 heavy (non-hydrogen) atoms. The summed E-state index contributed by atoms with van der Waals surface area (Å²) in [6.07, 6.45) is 10.5. The van der Waals surface area contributed by atoms with Gasteiger partial charge >= 0.3 is 0 Å². The number of amides is 1. The highest BCUT2D eigenvalue weighted by Crippen LogP contribution is 2.53. The number of fused-ring (bicyclic) bond motifs is 4. The molecule has 4 aliphatic heterocycles. The molecule has 6 aliphatic rings. The number of nitrogens with one attached hydrogen (secondary N) is 2. The van der Waals surface area contributed by atoms with Gasteiger partial charge in [-0.05, 0) is 134 Å². The van der Waals surface area contributed by atoms with Gasteiger partial charge in [0.15, 0.2) is 0 Å².